The molecule has 0 fully saturated rings. The number of fused-ring (bicyclic) bond motifs is 1. The molecule has 3 aromatic carbocycles. The molecule has 0 saturated heterocycles. The molecule has 0 amide bonds. The minimum atomic E-state index is -3.08. The fourth-order valence-electron chi connectivity index (χ4n) is 4.98. The van der Waals surface area contributed by atoms with Crippen LogP contribution in [0.5, 0.6) is 17.2 Å². The Hall–Kier alpha value is -2.94. The number of rotatable bonds is 13. The quantitative estimate of drug-likeness (QED) is 0.141. The highest BCUT2D eigenvalue weighted by atomic mass is 35.5. The van der Waals surface area contributed by atoms with Gasteiger partial charge in [0.15, 0.2) is 11.9 Å². The van der Waals surface area contributed by atoms with Gasteiger partial charge in [-0.3, -0.25) is 4.79 Å². The molecule has 42 heavy (non-hydrogen) atoms. The van der Waals surface area contributed by atoms with E-state index in [0.29, 0.717) is 66.2 Å². The van der Waals surface area contributed by atoms with Gasteiger partial charge in [-0.15, -0.1) is 0 Å². The molecule has 1 aliphatic heterocycles. The van der Waals surface area contributed by atoms with Crippen molar-refractivity contribution >= 4 is 39.0 Å². The Morgan fingerprint density at radius 3 is 2.36 bits per heavy atom. The lowest BCUT2D eigenvalue weighted by molar-refractivity contribution is -0.149. The summed E-state index contributed by atoms with van der Waals surface area (Å²) in [6.07, 6.45) is 2.78. The summed E-state index contributed by atoms with van der Waals surface area (Å²) in [5.41, 5.74) is 5.57. The van der Waals surface area contributed by atoms with Gasteiger partial charge in [-0.25, -0.2) is 8.42 Å². The van der Waals surface area contributed by atoms with Crippen molar-refractivity contribution in [2.24, 2.45) is 0 Å². The fraction of sp³-hybridized carbons (Fsp3) is 0.406. The number of benzene rings is 3. The van der Waals surface area contributed by atoms with E-state index in [0.717, 1.165) is 33.4 Å². The van der Waals surface area contributed by atoms with Crippen molar-refractivity contribution in [1.82, 2.24) is 0 Å². The van der Waals surface area contributed by atoms with Gasteiger partial charge in [0.25, 0.3) is 0 Å². The third kappa shape index (κ3) is 7.52. The van der Waals surface area contributed by atoms with Gasteiger partial charge in [0.1, 0.15) is 34.6 Å². The van der Waals surface area contributed by atoms with Gasteiger partial charge in [0.2, 0.25) is 0 Å². The molecule has 0 spiro atoms. The van der Waals surface area contributed by atoms with Crippen LogP contribution in [0.15, 0.2) is 42.5 Å². The van der Waals surface area contributed by atoms with Crippen molar-refractivity contribution in [3.8, 4) is 28.4 Å². The molecule has 1 aliphatic rings. The third-order valence-electron chi connectivity index (χ3n) is 7.05. The molecule has 3 aromatic rings. The van der Waals surface area contributed by atoms with E-state index in [1.807, 2.05) is 50.2 Å². The standard InChI is InChI=1S/C32H36Cl2O7S/c1-5-23-29(24(6-2)31(34)32(30(23)33)38-14-9-15-42(4,36)37)21-11-8-10-20(16-21)18-39-22-12-13-25-26(17-22)40-19-27(25)41-28(35)7-3/h8,10-13,16-17,27H,5-7,9,14-15,18-19H2,1-4H3/t27-/m1/s1. The van der Waals surface area contributed by atoms with Crippen LogP contribution in [0.4, 0.5) is 0 Å². The van der Waals surface area contributed by atoms with Crippen LogP contribution >= 0.6 is 23.2 Å². The Kier molecular flexibility index (Phi) is 10.7. The largest absolute Gasteiger partial charge is 0.490 e. The summed E-state index contributed by atoms with van der Waals surface area (Å²) < 4.78 is 46.2. The Labute approximate surface area is 257 Å². The van der Waals surface area contributed by atoms with Crippen molar-refractivity contribution in [2.45, 2.75) is 59.2 Å². The predicted molar refractivity (Wildman–Crippen MR) is 166 cm³/mol. The normalized spacial score (nSPS) is 14.3. The van der Waals surface area contributed by atoms with E-state index < -0.39 is 15.9 Å². The van der Waals surface area contributed by atoms with Gasteiger partial charge in [-0.05, 0) is 65.3 Å². The summed E-state index contributed by atoms with van der Waals surface area (Å²) in [6, 6.07) is 13.6. The lowest BCUT2D eigenvalue weighted by Crippen LogP contribution is -2.11. The number of sulfone groups is 1. The maximum absolute atomic E-state index is 11.7. The van der Waals surface area contributed by atoms with Crippen LogP contribution < -0.4 is 14.2 Å². The van der Waals surface area contributed by atoms with Crippen molar-refractivity contribution in [2.75, 3.05) is 25.2 Å². The second kappa shape index (κ2) is 14.0. The monoisotopic (exact) mass is 634 g/mol. The fourth-order valence-corrected chi connectivity index (χ4v) is 6.43. The van der Waals surface area contributed by atoms with Gasteiger partial charge in [-0.2, -0.15) is 0 Å². The van der Waals surface area contributed by atoms with Crippen LogP contribution in [0.2, 0.25) is 10.0 Å². The summed E-state index contributed by atoms with van der Waals surface area (Å²) in [7, 11) is -3.08. The second-order valence-electron chi connectivity index (χ2n) is 10.2. The van der Waals surface area contributed by atoms with Crippen LogP contribution in [0.3, 0.4) is 0 Å². The van der Waals surface area contributed by atoms with Crippen LogP contribution in [0, 0.1) is 0 Å². The lowest BCUT2D eigenvalue weighted by Gasteiger charge is -2.21. The Balaban J connectivity index is 1.54. The van der Waals surface area contributed by atoms with E-state index in [2.05, 4.69) is 6.07 Å². The minimum absolute atomic E-state index is 0.0316. The van der Waals surface area contributed by atoms with E-state index in [1.165, 1.54) is 6.26 Å². The molecule has 1 atom stereocenters. The third-order valence-corrected chi connectivity index (χ3v) is 8.88. The second-order valence-corrected chi connectivity index (χ2v) is 13.2. The van der Waals surface area contributed by atoms with E-state index in [1.54, 1.807) is 6.92 Å². The van der Waals surface area contributed by atoms with E-state index in [4.69, 9.17) is 42.1 Å². The Morgan fingerprint density at radius 2 is 1.71 bits per heavy atom. The van der Waals surface area contributed by atoms with Crippen LogP contribution in [-0.2, 0) is 38.8 Å². The van der Waals surface area contributed by atoms with Crippen molar-refractivity contribution in [1.29, 1.82) is 0 Å². The molecule has 0 bridgehead atoms. The van der Waals surface area contributed by atoms with Crippen LogP contribution in [-0.4, -0.2) is 39.6 Å². The van der Waals surface area contributed by atoms with Crippen molar-refractivity contribution in [3.05, 3.63) is 74.8 Å². The highest BCUT2D eigenvalue weighted by Gasteiger charge is 2.28. The summed E-state index contributed by atoms with van der Waals surface area (Å²) >= 11 is 13.7. The number of carbonyl (C=O) groups excluding carboxylic acids is 1. The lowest BCUT2D eigenvalue weighted by atomic mass is 9.90. The van der Waals surface area contributed by atoms with Crippen LogP contribution in [0.1, 0.15) is 62.0 Å². The first-order valence-corrected chi connectivity index (χ1v) is 16.9. The van der Waals surface area contributed by atoms with Gasteiger partial charge >= 0.3 is 5.97 Å². The molecule has 226 valence electrons. The number of esters is 1. The van der Waals surface area contributed by atoms with E-state index >= 15 is 0 Å². The highest BCUT2D eigenvalue weighted by Crippen LogP contribution is 2.46. The molecule has 0 aliphatic carbocycles. The van der Waals surface area contributed by atoms with Gasteiger partial charge in [0.05, 0.1) is 22.4 Å². The number of ether oxygens (including phenoxy) is 4. The molecule has 0 saturated carbocycles. The highest BCUT2D eigenvalue weighted by molar-refractivity contribution is 7.90. The van der Waals surface area contributed by atoms with E-state index in [-0.39, 0.29) is 18.3 Å². The molecule has 0 aromatic heterocycles. The molecule has 0 radical (unpaired) electrons. The summed E-state index contributed by atoms with van der Waals surface area (Å²) in [6.45, 7) is 6.64. The topological polar surface area (TPSA) is 88.1 Å². The smallest absolute Gasteiger partial charge is 0.306 e. The first-order valence-electron chi connectivity index (χ1n) is 14.1. The molecular weight excluding hydrogens is 599 g/mol. The Bertz CT molecular complexity index is 1520. The molecule has 7 nitrogen and oxygen atoms in total. The van der Waals surface area contributed by atoms with Gasteiger partial charge < -0.3 is 18.9 Å². The minimum Gasteiger partial charge on any atom is -0.490 e. The molecule has 0 unspecified atom stereocenters. The molecule has 1 heterocycles. The Morgan fingerprint density at radius 1 is 1.00 bits per heavy atom. The van der Waals surface area contributed by atoms with Gasteiger partial charge in [0, 0.05) is 24.3 Å². The number of carbonyl (C=O) groups is 1. The maximum atomic E-state index is 11.7. The summed E-state index contributed by atoms with van der Waals surface area (Å²) in [5, 5.41) is 0.883. The van der Waals surface area contributed by atoms with Gasteiger partial charge in [-0.1, -0.05) is 62.2 Å². The number of halogens is 2. The van der Waals surface area contributed by atoms with Crippen molar-refractivity contribution < 1.29 is 32.2 Å². The van der Waals surface area contributed by atoms with Crippen molar-refractivity contribution in [3.63, 3.8) is 0 Å². The molecule has 0 N–H and O–H groups in total. The zero-order valence-corrected chi connectivity index (χ0v) is 26.6. The van der Waals surface area contributed by atoms with E-state index in [9.17, 15) is 13.2 Å². The SMILES string of the molecule is CCC(=O)O[C@@H]1COc2cc(OCc3cccc(-c4c(CC)c(Cl)c(OCCCS(C)(=O)=O)c(Cl)c4CC)c3)ccc21. The first-order chi connectivity index (χ1) is 20.1. The zero-order valence-electron chi connectivity index (χ0n) is 24.3. The maximum Gasteiger partial charge on any atom is 0.306 e. The average Bonchev–Trinajstić information content (AvgIpc) is 3.36. The molecule has 10 heteroatoms. The first kappa shape index (κ1) is 32.0. The summed E-state index contributed by atoms with van der Waals surface area (Å²) in [5.74, 6) is 1.47. The average molecular weight is 636 g/mol. The summed E-state index contributed by atoms with van der Waals surface area (Å²) in [4.78, 5) is 11.7. The number of hydrogen-bond donors (Lipinski definition) is 0. The molecular formula is C32H36Cl2O7S. The van der Waals surface area contributed by atoms with Crippen LogP contribution in [0.25, 0.3) is 11.1 Å². The predicted octanol–water partition coefficient (Wildman–Crippen LogP) is 7.56. The molecule has 4 rings (SSSR count). The number of hydrogen-bond acceptors (Lipinski definition) is 7. The zero-order chi connectivity index (χ0) is 30.4.